The molecular weight excluding hydrogens is 307 g/mol. The monoisotopic (exact) mass is 328 g/mol. The number of amides is 1. The first kappa shape index (κ1) is 16.4. The molecular formula is C18H21FN4O. The zero-order valence-corrected chi connectivity index (χ0v) is 13.7. The highest BCUT2D eigenvalue weighted by atomic mass is 19.1. The van der Waals surface area contributed by atoms with Crippen LogP contribution >= 0.6 is 0 Å². The van der Waals surface area contributed by atoms with E-state index in [0.717, 1.165) is 30.6 Å². The van der Waals surface area contributed by atoms with Gasteiger partial charge in [0.05, 0.1) is 11.7 Å². The van der Waals surface area contributed by atoms with E-state index in [1.807, 2.05) is 4.90 Å². The molecule has 2 N–H and O–H groups in total. The lowest BCUT2D eigenvalue weighted by molar-refractivity contribution is -0.132. The van der Waals surface area contributed by atoms with Crippen molar-refractivity contribution in [1.29, 1.82) is 0 Å². The largest absolute Gasteiger partial charge is 0.384 e. The number of halogens is 1. The third-order valence-corrected chi connectivity index (χ3v) is 4.33. The van der Waals surface area contributed by atoms with E-state index in [0.29, 0.717) is 24.5 Å². The first-order valence-corrected chi connectivity index (χ1v) is 8.18. The highest BCUT2D eigenvalue weighted by Gasteiger charge is 2.30. The molecule has 24 heavy (non-hydrogen) atoms. The molecule has 1 saturated heterocycles. The first-order valence-electron chi connectivity index (χ1n) is 8.18. The molecule has 0 radical (unpaired) electrons. The Morgan fingerprint density at radius 1 is 1.33 bits per heavy atom. The number of nitrogens with two attached hydrogens (primary N) is 1. The van der Waals surface area contributed by atoms with Crippen molar-refractivity contribution in [2.45, 2.75) is 38.6 Å². The summed E-state index contributed by atoms with van der Waals surface area (Å²) in [7, 11) is 0. The highest BCUT2D eigenvalue weighted by Crippen LogP contribution is 2.32. The molecule has 1 aliphatic rings. The fraction of sp³-hybridized carbons (Fsp3) is 0.389. The number of carbonyl (C=O) groups is 1. The van der Waals surface area contributed by atoms with Gasteiger partial charge in [-0.05, 0) is 43.9 Å². The molecule has 1 aliphatic heterocycles. The van der Waals surface area contributed by atoms with E-state index in [9.17, 15) is 9.18 Å². The van der Waals surface area contributed by atoms with Crippen molar-refractivity contribution in [2.24, 2.45) is 0 Å². The number of carbonyl (C=O) groups excluding carboxylic acids is 1. The molecule has 1 aromatic carbocycles. The third-order valence-electron chi connectivity index (χ3n) is 4.33. The van der Waals surface area contributed by atoms with Gasteiger partial charge in [-0.15, -0.1) is 0 Å². The molecule has 0 spiro atoms. The number of likely N-dealkylation sites (tertiary alicyclic amines) is 1. The average molecular weight is 328 g/mol. The fourth-order valence-electron chi connectivity index (χ4n) is 3.20. The van der Waals surface area contributed by atoms with E-state index in [1.165, 1.54) is 12.1 Å². The summed E-state index contributed by atoms with van der Waals surface area (Å²) in [5.41, 5.74) is 7.58. The number of rotatable bonds is 4. The fourth-order valence-corrected chi connectivity index (χ4v) is 3.20. The third kappa shape index (κ3) is 3.69. The van der Waals surface area contributed by atoms with E-state index in [1.54, 1.807) is 25.1 Å². The van der Waals surface area contributed by atoms with Gasteiger partial charge < -0.3 is 10.6 Å². The molecule has 0 unspecified atom stereocenters. The van der Waals surface area contributed by atoms with Gasteiger partial charge in [0.15, 0.2) is 0 Å². The summed E-state index contributed by atoms with van der Waals surface area (Å²) in [5, 5.41) is 0. The van der Waals surface area contributed by atoms with Crippen LogP contribution in [-0.2, 0) is 11.2 Å². The smallest absolute Gasteiger partial charge is 0.223 e. The van der Waals surface area contributed by atoms with Crippen LogP contribution in [0, 0.1) is 12.7 Å². The Kier molecular flexibility index (Phi) is 4.74. The summed E-state index contributed by atoms with van der Waals surface area (Å²) in [6.45, 7) is 2.53. The lowest BCUT2D eigenvalue weighted by Crippen LogP contribution is -2.31. The van der Waals surface area contributed by atoms with Gasteiger partial charge in [-0.2, -0.15) is 0 Å². The summed E-state index contributed by atoms with van der Waals surface area (Å²) in [5.74, 6) is 0.886. The van der Waals surface area contributed by atoms with Crippen LogP contribution in [0.15, 0.2) is 30.3 Å². The summed E-state index contributed by atoms with van der Waals surface area (Å²) in [6.07, 6.45) is 2.85. The molecule has 0 saturated carbocycles. The van der Waals surface area contributed by atoms with E-state index in [4.69, 9.17) is 5.73 Å². The number of hydrogen-bond donors (Lipinski definition) is 1. The Bertz CT molecular complexity index is 712. The minimum atomic E-state index is -0.263. The van der Waals surface area contributed by atoms with Crippen LogP contribution in [0.25, 0.3) is 0 Å². The van der Waals surface area contributed by atoms with Crippen molar-refractivity contribution in [3.63, 3.8) is 0 Å². The van der Waals surface area contributed by atoms with Crippen LogP contribution < -0.4 is 5.73 Å². The van der Waals surface area contributed by atoms with Gasteiger partial charge in [0.25, 0.3) is 0 Å². The van der Waals surface area contributed by atoms with Crippen molar-refractivity contribution in [3.8, 4) is 0 Å². The van der Waals surface area contributed by atoms with Crippen LogP contribution in [-0.4, -0.2) is 27.3 Å². The number of aryl methyl sites for hydroxylation is 2. The Hall–Kier alpha value is -2.50. The molecule has 126 valence electrons. The van der Waals surface area contributed by atoms with Gasteiger partial charge in [-0.3, -0.25) is 4.79 Å². The summed E-state index contributed by atoms with van der Waals surface area (Å²) < 4.78 is 12.9. The molecule has 3 rings (SSSR count). The molecule has 1 fully saturated rings. The van der Waals surface area contributed by atoms with E-state index in [2.05, 4.69) is 9.97 Å². The molecule has 1 amide bonds. The number of nitrogens with zero attached hydrogens (tertiary/aromatic N) is 3. The SMILES string of the molecule is Cc1nc(N)cc([C@@H]2CCCN2C(=O)CCc2ccc(F)cc2)n1. The van der Waals surface area contributed by atoms with Crippen molar-refractivity contribution in [2.75, 3.05) is 12.3 Å². The number of benzene rings is 1. The predicted molar refractivity (Wildman–Crippen MR) is 89.6 cm³/mol. The standard InChI is InChI=1S/C18H21FN4O/c1-12-21-15(11-17(20)22-12)16-3-2-10-23(16)18(24)9-6-13-4-7-14(19)8-5-13/h4-5,7-8,11,16H,2-3,6,9-10H2,1H3,(H2,20,21,22)/t16-/m0/s1. The number of nitrogen functional groups attached to an aromatic ring is 1. The van der Waals surface area contributed by atoms with Gasteiger partial charge in [-0.1, -0.05) is 12.1 Å². The molecule has 6 heteroatoms. The molecule has 2 heterocycles. The Morgan fingerprint density at radius 2 is 2.08 bits per heavy atom. The molecule has 5 nitrogen and oxygen atoms in total. The maximum absolute atomic E-state index is 12.9. The normalized spacial score (nSPS) is 17.2. The molecule has 1 atom stereocenters. The summed E-state index contributed by atoms with van der Waals surface area (Å²) in [4.78, 5) is 23.0. The van der Waals surface area contributed by atoms with Crippen LogP contribution in [0.5, 0.6) is 0 Å². The van der Waals surface area contributed by atoms with Gasteiger partial charge in [0.1, 0.15) is 17.5 Å². The molecule has 2 aromatic rings. The lowest BCUT2D eigenvalue weighted by atomic mass is 10.1. The van der Waals surface area contributed by atoms with Crippen LogP contribution in [0.1, 0.15) is 42.4 Å². The van der Waals surface area contributed by atoms with Crippen LogP contribution in [0.2, 0.25) is 0 Å². The average Bonchev–Trinajstić information content (AvgIpc) is 3.03. The second-order valence-electron chi connectivity index (χ2n) is 6.14. The van der Waals surface area contributed by atoms with Crippen molar-refractivity contribution in [1.82, 2.24) is 14.9 Å². The van der Waals surface area contributed by atoms with Gasteiger partial charge in [0, 0.05) is 19.0 Å². The second kappa shape index (κ2) is 6.95. The first-order chi connectivity index (χ1) is 11.5. The van der Waals surface area contributed by atoms with E-state index in [-0.39, 0.29) is 17.8 Å². The summed E-state index contributed by atoms with van der Waals surface area (Å²) in [6, 6.07) is 8.01. The van der Waals surface area contributed by atoms with Gasteiger partial charge in [0.2, 0.25) is 5.91 Å². The van der Waals surface area contributed by atoms with Gasteiger partial charge in [-0.25, -0.2) is 14.4 Å². The maximum atomic E-state index is 12.9. The quantitative estimate of drug-likeness (QED) is 0.937. The number of hydrogen-bond acceptors (Lipinski definition) is 4. The van der Waals surface area contributed by atoms with E-state index >= 15 is 0 Å². The summed E-state index contributed by atoms with van der Waals surface area (Å²) >= 11 is 0. The Balaban J connectivity index is 1.68. The minimum Gasteiger partial charge on any atom is -0.384 e. The number of aromatic nitrogens is 2. The topological polar surface area (TPSA) is 72.1 Å². The van der Waals surface area contributed by atoms with E-state index < -0.39 is 0 Å². The predicted octanol–water partition coefficient (Wildman–Crippen LogP) is 2.80. The maximum Gasteiger partial charge on any atom is 0.223 e. The van der Waals surface area contributed by atoms with Crippen molar-refractivity contribution < 1.29 is 9.18 Å². The van der Waals surface area contributed by atoms with Gasteiger partial charge >= 0.3 is 0 Å². The van der Waals surface area contributed by atoms with Crippen molar-refractivity contribution in [3.05, 3.63) is 53.2 Å². The molecule has 1 aromatic heterocycles. The zero-order chi connectivity index (χ0) is 17.1. The van der Waals surface area contributed by atoms with Crippen LogP contribution in [0.3, 0.4) is 0 Å². The molecule has 0 bridgehead atoms. The van der Waals surface area contributed by atoms with Crippen LogP contribution in [0.4, 0.5) is 10.2 Å². The lowest BCUT2D eigenvalue weighted by Gasteiger charge is -2.24. The Morgan fingerprint density at radius 3 is 2.79 bits per heavy atom. The number of anilines is 1. The Labute approximate surface area is 140 Å². The molecule has 0 aliphatic carbocycles. The second-order valence-corrected chi connectivity index (χ2v) is 6.14. The van der Waals surface area contributed by atoms with Crippen molar-refractivity contribution >= 4 is 11.7 Å². The zero-order valence-electron chi connectivity index (χ0n) is 13.7. The highest BCUT2D eigenvalue weighted by molar-refractivity contribution is 5.77. The minimum absolute atomic E-state index is 0.0327.